The summed E-state index contributed by atoms with van der Waals surface area (Å²) in [5, 5.41) is 3.27. The lowest BCUT2D eigenvalue weighted by Crippen LogP contribution is -2.46. The van der Waals surface area contributed by atoms with Gasteiger partial charge in [-0.05, 0) is 38.6 Å². The number of carbonyl (C=O) groups excluding carboxylic acids is 1. The molecule has 2 rings (SSSR count). The number of rotatable bonds is 5. The van der Waals surface area contributed by atoms with Crippen LogP contribution in [-0.2, 0) is 4.79 Å². The minimum absolute atomic E-state index is 0.294. The van der Waals surface area contributed by atoms with Gasteiger partial charge < -0.3 is 10.2 Å². The summed E-state index contributed by atoms with van der Waals surface area (Å²) in [5.74, 6) is 1.36. The van der Waals surface area contributed by atoms with Crippen molar-refractivity contribution in [2.45, 2.75) is 57.4 Å². The molecule has 0 atom stereocenters. The van der Waals surface area contributed by atoms with Gasteiger partial charge in [0, 0.05) is 30.9 Å². The average molecular weight is 287 g/mol. The van der Waals surface area contributed by atoms with Gasteiger partial charge >= 0.3 is 0 Å². The zero-order valence-corrected chi connectivity index (χ0v) is 12.6. The number of piperidine rings is 1. The largest absolute Gasteiger partial charge is 0.353 e. The third kappa shape index (κ3) is 4.96. The Morgan fingerprint density at radius 1 is 1.11 bits per heavy atom. The fourth-order valence-electron chi connectivity index (χ4n) is 3.27. The summed E-state index contributed by atoms with van der Waals surface area (Å²) in [6.07, 6.45) is 9.23. The molecule has 4 heteroatoms. The van der Waals surface area contributed by atoms with Crippen LogP contribution >= 0.6 is 11.6 Å². The minimum Gasteiger partial charge on any atom is -0.353 e. The van der Waals surface area contributed by atoms with Gasteiger partial charge in [-0.2, -0.15) is 0 Å². The number of nitrogens with one attached hydrogen (secondary N) is 1. The number of amides is 1. The number of alkyl halides is 1. The monoisotopic (exact) mass is 286 g/mol. The van der Waals surface area contributed by atoms with Crippen LogP contribution in [0.15, 0.2) is 0 Å². The predicted octanol–water partition coefficient (Wildman–Crippen LogP) is 2.78. The van der Waals surface area contributed by atoms with Crippen molar-refractivity contribution in [3.05, 3.63) is 0 Å². The maximum Gasteiger partial charge on any atom is 0.223 e. The number of hydrogen-bond acceptors (Lipinski definition) is 2. The van der Waals surface area contributed by atoms with E-state index in [0.717, 1.165) is 57.6 Å². The minimum atomic E-state index is 0.294. The van der Waals surface area contributed by atoms with Gasteiger partial charge in [0.1, 0.15) is 0 Å². The summed E-state index contributed by atoms with van der Waals surface area (Å²) in [5.41, 5.74) is 0. The van der Waals surface area contributed by atoms with E-state index in [2.05, 4.69) is 10.2 Å². The van der Waals surface area contributed by atoms with Crippen molar-refractivity contribution in [3.8, 4) is 0 Å². The highest BCUT2D eigenvalue weighted by atomic mass is 35.5. The highest BCUT2D eigenvalue weighted by Crippen LogP contribution is 2.24. The van der Waals surface area contributed by atoms with Crippen LogP contribution in [0.25, 0.3) is 0 Å². The summed E-state index contributed by atoms with van der Waals surface area (Å²) in [7, 11) is 0. The van der Waals surface area contributed by atoms with Gasteiger partial charge in [0.05, 0.1) is 0 Å². The molecule has 1 amide bonds. The van der Waals surface area contributed by atoms with Crippen molar-refractivity contribution in [2.24, 2.45) is 5.92 Å². The normalized spacial score (nSPS) is 23.4. The maximum atomic E-state index is 12.2. The second-order valence-electron chi connectivity index (χ2n) is 6.00. The molecular formula is C15H27ClN2O. The van der Waals surface area contributed by atoms with Crippen molar-refractivity contribution in [1.82, 2.24) is 10.2 Å². The van der Waals surface area contributed by atoms with Crippen molar-refractivity contribution < 1.29 is 4.79 Å². The van der Waals surface area contributed by atoms with Crippen molar-refractivity contribution in [2.75, 3.05) is 25.5 Å². The quantitative estimate of drug-likeness (QED) is 0.788. The molecule has 1 aliphatic carbocycles. The Morgan fingerprint density at radius 2 is 1.79 bits per heavy atom. The summed E-state index contributed by atoms with van der Waals surface area (Å²) < 4.78 is 0. The van der Waals surface area contributed by atoms with E-state index in [-0.39, 0.29) is 0 Å². The molecule has 1 saturated heterocycles. The standard InChI is InChI=1S/C15H27ClN2O/c16-9-4-10-18-11-7-14(8-12-18)17-15(19)13-5-2-1-3-6-13/h13-14H,1-12H2,(H,17,19). The van der Waals surface area contributed by atoms with Gasteiger partial charge in [0.25, 0.3) is 0 Å². The Bertz CT molecular complexity index is 271. The first-order valence-corrected chi connectivity index (χ1v) is 8.41. The van der Waals surface area contributed by atoms with E-state index < -0.39 is 0 Å². The van der Waals surface area contributed by atoms with E-state index in [0.29, 0.717) is 17.9 Å². The van der Waals surface area contributed by atoms with Gasteiger partial charge in [0.2, 0.25) is 5.91 Å². The van der Waals surface area contributed by atoms with E-state index >= 15 is 0 Å². The molecular weight excluding hydrogens is 260 g/mol. The summed E-state index contributed by atoms with van der Waals surface area (Å²) in [4.78, 5) is 14.6. The number of nitrogens with zero attached hydrogens (tertiary/aromatic N) is 1. The number of likely N-dealkylation sites (tertiary alicyclic amines) is 1. The van der Waals surface area contributed by atoms with Crippen LogP contribution in [0.3, 0.4) is 0 Å². The third-order valence-corrected chi connectivity index (χ3v) is 4.79. The van der Waals surface area contributed by atoms with Crippen LogP contribution in [0.2, 0.25) is 0 Å². The first-order chi connectivity index (χ1) is 9.29. The molecule has 1 saturated carbocycles. The Kier molecular flexibility index (Phi) is 6.45. The van der Waals surface area contributed by atoms with Crippen molar-refractivity contribution in [3.63, 3.8) is 0 Å². The average Bonchev–Trinajstić information content (AvgIpc) is 2.47. The second-order valence-corrected chi connectivity index (χ2v) is 6.38. The molecule has 3 nitrogen and oxygen atoms in total. The molecule has 1 heterocycles. The van der Waals surface area contributed by atoms with Crippen LogP contribution in [0.4, 0.5) is 0 Å². The Hall–Kier alpha value is -0.280. The van der Waals surface area contributed by atoms with E-state index in [1.807, 2.05) is 0 Å². The first kappa shape index (κ1) is 15.1. The molecule has 19 heavy (non-hydrogen) atoms. The fraction of sp³-hybridized carbons (Fsp3) is 0.933. The Labute approximate surface area is 122 Å². The van der Waals surface area contributed by atoms with Gasteiger partial charge in [-0.25, -0.2) is 0 Å². The number of carbonyl (C=O) groups is 1. The fourth-order valence-corrected chi connectivity index (χ4v) is 3.39. The zero-order chi connectivity index (χ0) is 13.5. The highest BCUT2D eigenvalue weighted by molar-refractivity contribution is 6.17. The van der Waals surface area contributed by atoms with Crippen LogP contribution in [0.5, 0.6) is 0 Å². The van der Waals surface area contributed by atoms with Gasteiger partial charge in [-0.15, -0.1) is 11.6 Å². The van der Waals surface area contributed by atoms with Crippen LogP contribution in [0, 0.1) is 5.92 Å². The number of halogens is 1. The molecule has 0 radical (unpaired) electrons. The lowest BCUT2D eigenvalue weighted by atomic mass is 9.88. The summed E-state index contributed by atoms with van der Waals surface area (Å²) in [6.45, 7) is 3.31. The molecule has 2 fully saturated rings. The van der Waals surface area contributed by atoms with Gasteiger partial charge in [-0.3, -0.25) is 4.79 Å². The van der Waals surface area contributed by atoms with E-state index in [1.165, 1.54) is 19.3 Å². The van der Waals surface area contributed by atoms with E-state index in [4.69, 9.17) is 11.6 Å². The van der Waals surface area contributed by atoms with Crippen LogP contribution in [-0.4, -0.2) is 42.4 Å². The Morgan fingerprint density at radius 3 is 2.42 bits per heavy atom. The lowest BCUT2D eigenvalue weighted by Gasteiger charge is -2.33. The molecule has 0 aromatic heterocycles. The van der Waals surface area contributed by atoms with Gasteiger partial charge in [-0.1, -0.05) is 19.3 Å². The first-order valence-electron chi connectivity index (χ1n) is 7.88. The molecule has 0 spiro atoms. The molecule has 0 bridgehead atoms. The summed E-state index contributed by atoms with van der Waals surface area (Å²) in [6, 6.07) is 0.404. The second kappa shape index (κ2) is 8.11. The molecule has 0 aromatic carbocycles. The molecule has 0 aromatic rings. The SMILES string of the molecule is O=C(NC1CCN(CCCCl)CC1)C1CCCCC1. The Balaban J connectivity index is 1.65. The van der Waals surface area contributed by atoms with Gasteiger partial charge in [0.15, 0.2) is 0 Å². The number of hydrogen-bond donors (Lipinski definition) is 1. The summed E-state index contributed by atoms with van der Waals surface area (Å²) >= 11 is 5.72. The molecule has 1 N–H and O–H groups in total. The molecule has 0 unspecified atom stereocenters. The smallest absolute Gasteiger partial charge is 0.223 e. The van der Waals surface area contributed by atoms with E-state index in [1.54, 1.807) is 0 Å². The maximum absolute atomic E-state index is 12.2. The third-order valence-electron chi connectivity index (χ3n) is 4.52. The topological polar surface area (TPSA) is 32.3 Å². The zero-order valence-electron chi connectivity index (χ0n) is 11.9. The van der Waals surface area contributed by atoms with E-state index in [9.17, 15) is 4.79 Å². The predicted molar refractivity (Wildman–Crippen MR) is 79.5 cm³/mol. The van der Waals surface area contributed by atoms with Crippen LogP contribution in [0.1, 0.15) is 51.4 Å². The molecule has 2 aliphatic rings. The van der Waals surface area contributed by atoms with Crippen molar-refractivity contribution >= 4 is 17.5 Å². The van der Waals surface area contributed by atoms with Crippen molar-refractivity contribution in [1.29, 1.82) is 0 Å². The molecule has 1 aliphatic heterocycles. The van der Waals surface area contributed by atoms with Crippen LogP contribution < -0.4 is 5.32 Å². The lowest BCUT2D eigenvalue weighted by molar-refractivity contribution is -0.127. The highest BCUT2D eigenvalue weighted by Gasteiger charge is 2.25. The molecule has 110 valence electrons.